The molecule has 0 aromatic carbocycles. The van der Waals surface area contributed by atoms with Gasteiger partial charge >= 0.3 is 0 Å². The molecule has 2 amide bonds. The molecule has 0 radical (unpaired) electrons. The molecular formula is C19H30N4O2. The average molecular weight is 346 g/mol. The summed E-state index contributed by atoms with van der Waals surface area (Å²) in [5, 5.41) is 2.99. The summed E-state index contributed by atoms with van der Waals surface area (Å²) < 4.78 is 2.10. The van der Waals surface area contributed by atoms with Crippen LogP contribution in [0.1, 0.15) is 64.0 Å². The molecule has 6 nitrogen and oxygen atoms in total. The Hall–Kier alpha value is -1.85. The van der Waals surface area contributed by atoms with E-state index in [2.05, 4.69) is 28.7 Å². The third-order valence-electron chi connectivity index (χ3n) is 5.16. The van der Waals surface area contributed by atoms with Crippen LogP contribution in [0.25, 0.3) is 0 Å². The minimum atomic E-state index is -0.0308. The van der Waals surface area contributed by atoms with Gasteiger partial charge in [-0.15, -0.1) is 0 Å². The van der Waals surface area contributed by atoms with Crippen LogP contribution in [-0.4, -0.2) is 39.4 Å². The summed E-state index contributed by atoms with van der Waals surface area (Å²) in [7, 11) is 0. The number of amides is 2. The van der Waals surface area contributed by atoms with Crippen LogP contribution >= 0.6 is 0 Å². The molecule has 0 bridgehead atoms. The first-order valence-electron chi connectivity index (χ1n) is 9.56. The number of aromatic nitrogens is 2. The van der Waals surface area contributed by atoms with E-state index in [9.17, 15) is 9.59 Å². The monoisotopic (exact) mass is 346 g/mol. The Bertz CT molecular complexity index is 633. The van der Waals surface area contributed by atoms with E-state index >= 15 is 0 Å². The van der Waals surface area contributed by atoms with E-state index in [4.69, 9.17) is 0 Å². The highest BCUT2D eigenvalue weighted by molar-refractivity contribution is 5.78. The van der Waals surface area contributed by atoms with Crippen LogP contribution in [0.4, 0.5) is 0 Å². The number of fused-ring (bicyclic) bond motifs is 1. The predicted octanol–water partition coefficient (Wildman–Crippen LogP) is 2.29. The summed E-state index contributed by atoms with van der Waals surface area (Å²) in [6, 6.07) is -0.0308. The van der Waals surface area contributed by atoms with Gasteiger partial charge in [-0.3, -0.25) is 9.59 Å². The molecule has 1 aliphatic heterocycles. The van der Waals surface area contributed by atoms with Crippen molar-refractivity contribution >= 4 is 11.8 Å². The lowest BCUT2D eigenvalue weighted by Gasteiger charge is -2.34. The van der Waals surface area contributed by atoms with Gasteiger partial charge in [-0.1, -0.05) is 13.8 Å². The largest absolute Gasteiger partial charge is 0.355 e. The van der Waals surface area contributed by atoms with Crippen molar-refractivity contribution in [2.24, 2.45) is 11.8 Å². The van der Waals surface area contributed by atoms with Gasteiger partial charge in [-0.05, 0) is 38.0 Å². The number of carbonyl (C=O) groups is 2. The molecular weight excluding hydrogens is 316 g/mol. The third-order valence-corrected chi connectivity index (χ3v) is 5.16. The molecule has 6 heteroatoms. The molecule has 1 aliphatic carbocycles. The van der Waals surface area contributed by atoms with Gasteiger partial charge in [0.15, 0.2) is 0 Å². The van der Waals surface area contributed by atoms with E-state index in [1.165, 1.54) is 12.8 Å². The van der Waals surface area contributed by atoms with Crippen LogP contribution in [0.2, 0.25) is 0 Å². The van der Waals surface area contributed by atoms with Crippen molar-refractivity contribution in [1.29, 1.82) is 0 Å². The predicted molar refractivity (Wildman–Crippen MR) is 95.9 cm³/mol. The Morgan fingerprint density at radius 1 is 1.32 bits per heavy atom. The normalized spacial score (nSPS) is 19.8. The lowest BCUT2D eigenvalue weighted by atomic mass is 10.1. The molecule has 0 spiro atoms. The number of hydrogen-bond donors (Lipinski definition) is 1. The highest BCUT2D eigenvalue weighted by atomic mass is 16.2. The fourth-order valence-electron chi connectivity index (χ4n) is 3.34. The van der Waals surface area contributed by atoms with E-state index in [1.807, 2.05) is 18.0 Å². The fourth-order valence-corrected chi connectivity index (χ4v) is 3.34. The van der Waals surface area contributed by atoms with Crippen molar-refractivity contribution < 1.29 is 9.59 Å². The molecule has 1 N–H and O–H groups in total. The molecule has 1 saturated carbocycles. The van der Waals surface area contributed by atoms with E-state index in [0.717, 1.165) is 37.6 Å². The van der Waals surface area contributed by atoms with Gasteiger partial charge in [-0.2, -0.15) is 0 Å². The second-order valence-electron chi connectivity index (χ2n) is 7.90. The summed E-state index contributed by atoms with van der Waals surface area (Å²) >= 11 is 0. The molecule has 25 heavy (non-hydrogen) atoms. The van der Waals surface area contributed by atoms with Crippen LogP contribution in [0.15, 0.2) is 6.20 Å². The summed E-state index contributed by atoms with van der Waals surface area (Å²) in [6.07, 6.45) is 6.27. The smallest absolute Gasteiger partial charge is 0.226 e. The maximum absolute atomic E-state index is 12.5. The quantitative estimate of drug-likeness (QED) is 0.824. The van der Waals surface area contributed by atoms with Gasteiger partial charge in [0, 0.05) is 32.3 Å². The SMILES string of the molecule is CC(C)CCC(=O)N1CCn2cc(CC(=O)NCC3CC3)nc2C1C. The Labute approximate surface area is 150 Å². The molecule has 2 aliphatic rings. The zero-order valence-electron chi connectivity index (χ0n) is 15.6. The molecule has 3 rings (SSSR count). The highest BCUT2D eigenvalue weighted by Gasteiger charge is 2.29. The summed E-state index contributed by atoms with van der Waals surface area (Å²) in [6.45, 7) is 8.57. The number of imidazole rings is 1. The minimum Gasteiger partial charge on any atom is -0.355 e. The Kier molecular flexibility index (Phi) is 5.45. The van der Waals surface area contributed by atoms with Crippen molar-refractivity contribution in [3.8, 4) is 0 Å². The Morgan fingerprint density at radius 2 is 2.08 bits per heavy atom. The van der Waals surface area contributed by atoms with Crippen molar-refractivity contribution in [3.63, 3.8) is 0 Å². The summed E-state index contributed by atoms with van der Waals surface area (Å²) in [5.74, 6) is 2.37. The molecule has 2 heterocycles. The number of nitrogens with zero attached hydrogens (tertiary/aromatic N) is 3. The lowest BCUT2D eigenvalue weighted by molar-refractivity contribution is -0.134. The second-order valence-corrected chi connectivity index (χ2v) is 7.90. The Morgan fingerprint density at radius 3 is 2.76 bits per heavy atom. The average Bonchev–Trinajstić information content (AvgIpc) is 3.30. The fraction of sp³-hybridized carbons (Fsp3) is 0.737. The summed E-state index contributed by atoms with van der Waals surface area (Å²) in [5.41, 5.74) is 0.798. The third kappa shape index (κ3) is 4.61. The zero-order valence-corrected chi connectivity index (χ0v) is 15.6. The van der Waals surface area contributed by atoms with Crippen LogP contribution < -0.4 is 5.32 Å². The Balaban J connectivity index is 1.58. The molecule has 138 valence electrons. The number of hydrogen-bond acceptors (Lipinski definition) is 3. The first-order chi connectivity index (χ1) is 11.9. The molecule has 1 fully saturated rings. The molecule has 1 aromatic heterocycles. The van der Waals surface area contributed by atoms with Gasteiger partial charge in [0.05, 0.1) is 18.2 Å². The van der Waals surface area contributed by atoms with Crippen LogP contribution in [-0.2, 0) is 22.6 Å². The van der Waals surface area contributed by atoms with E-state index in [-0.39, 0.29) is 17.9 Å². The first kappa shape index (κ1) is 18.0. The maximum atomic E-state index is 12.5. The topological polar surface area (TPSA) is 67.2 Å². The van der Waals surface area contributed by atoms with Crippen molar-refractivity contribution in [1.82, 2.24) is 19.8 Å². The van der Waals surface area contributed by atoms with E-state index in [1.54, 1.807) is 0 Å². The number of nitrogens with one attached hydrogen (secondary N) is 1. The maximum Gasteiger partial charge on any atom is 0.226 e. The van der Waals surface area contributed by atoms with Crippen LogP contribution in [0.3, 0.4) is 0 Å². The van der Waals surface area contributed by atoms with Gasteiger partial charge < -0.3 is 14.8 Å². The highest BCUT2D eigenvalue weighted by Crippen LogP contribution is 2.28. The molecule has 1 aromatic rings. The number of rotatable bonds is 7. The first-order valence-corrected chi connectivity index (χ1v) is 9.56. The van der Waals surface area contributed by atoms with Crippen LogP contribution in [0, 0.1) is 11.8 Å². The van der Waals surface area contributed by atoms with Gasteiger partial charge in [-0.25, -0.2) is 4.98 Å². The van der Waals surface area contributed by atoms with Crippen LogP contribution in [0.5, 0.6) is 0 Å². The molecule has 1 unspecified atom stereocenters. The standard InChI is InChI=1S/C19H30N4O2/c1-13(2)4-7-18(25)23-9-8-22-12-16(21-19(22)14(23)3)10-17(24)20-11-15-5-6-15/h12-15H,4-11H2,1-3H3,(H,20,24). The zero-order chi connectivity index (χ0) is 18.0. The van der Waals surface area contributed by atoms with Gasteiger partial charge in [0.25, 0.3) is 0 Å². The van der Waals surface area contributed by atoms with Gasteiger partial charge in [0.1, 0.15) is 5.82 Å². The molecule has 0 saturated heterocycles. The van der Waals surface area contributed by atoms with Gasteiger partial charge in [0.2, 0.25) is 11.8 Å². The molecule has 1 atom stereocenters. The lowest BCUT2D eigenvalue weighted by Crippen LogP contribution is -2.41. The second kappa shape index (κ2) is 7.58. The van der Waals surface area contributed by atoms with Crippen molar-refractivity contribution in [2.45, 2.75) is 65.5 Å². The van der Waals surface area contributed by atoms with E-state index in [0.29, 0.717) is 24.7 Å². The summed E-state index contributed by atoms with van der Waals surface area (Å²) in [4.78, 5) is 31.1. The number of carbonyl (C=O) groups excluding carboxylic acids is 2. The van der Waals surface area contributed by atoms with E-state index < -0.39 is 0 Å². The van der Waals surface area contributed by atoms with Crippen molar-refractivity contribution in [3.05, 3.63) is 17.7 Å². The van der Waals surface area contributed by atoms with Crippen molar-refractivity contribution in [2.75, 3.05) is 13.1 Å². The minimum absolute atomic E-state index is 0.0308.